The lowest BCUT2D eigenvalue weighted by Gasteiger charge is -2.42. The zero-order valence-electron chi connectivity index (χ0n) is 20.5. The van der Waals surface area contributed by atoms with E-state index in [1.165, 1.54) is 19.3 Å². The van der Waals surface area contributed by atoms with Crippen LogP contribution in [0.4, 0.5) is 0 Å². The number of amides is 2. The van der Waals surface area contributed by atoms with Gasteiger partial charge in [-0.2, -0.15) is 0 Å². The first-order chi connectivity index (χ1) is 17.6. The molecule has 0 spiro atoms. The zero-order chi connectivity index (χ0) is 26.6. The summed E-state index contributed by atoms with van der Waals surface area (Å²) in [7, 11) is 1.43. The summed E-state index contributed by atoms with van der Waals surface area (Å²) in [5, 5.41) is 19.4. The summed E-state index contributed by atoms with van der Waals surface area (Å²) in [4.78, 5) is 65.2. The number of methoxy groups -OCH3 is 1. The Balaban J connectivity index is 1.58. The van der Waals surface area contributed by atoms with Gasteiger partial charge in [-0.05, 0) is 55.9 Å². The lowest BCUT2D eigenvalue weighted by atomic mass is 9.59. The highest BCUT2D eigenvalue weighted by Gasteiger charge is 2.56. The fourth-order valence-corrected chi connectivity index (χ4v) is 6.30. The second-order valence-corrected chi connectivity index (χ2v) is 9.99. The zero-order valence-corrected chi connectivity index (χ0v) is 20.5. The van der Waals surface area contributed by atoms with E-state index in [2.05, 4.69) is 0 Å². The van der Waals surface area contributed by atoms with Crippen LogP contribution in [0.5, 0.6) is 11.5 Å². The molecule has 5 rings (SSSR count). The molecule has 1 saturated heterocycles. The Labute approximate surface area is 213 Å². The fourth-order valence-electron chi connectivity index (χ4n) is 6.30. The summed E-state index contributed by atoms with van der Waals surface area (Å²) >= 11 is 0. The molecule has 1 aromatic rings. The van der Waals surface area contributed by atoms with Gasteiger partial charge >= 0.3 is 5.97 Å². The number of hydrogen-bond donors (Lipinski definition) is 2. The number of allylic oxidation sites excluding steroid dienone is 6. The number of carbonyl (C=O) groups is 5. The maximum atomic E-state index is 13.5. The Morgan fingerprint density at radius 1 is 1.14 bits per heavy atom. The van der Waals surface area contributed by atoms with Gasteiger partial charge in [0.1, 0.15) is 0 Å². The van der Waals surface area contributed by atoms with Crippen molar-refractivity contribution < 1.29 is 38.9 Å². The number of ketones is 2. The first-order valence-electron chi connectivity index (χ1n) is 12.3. The minimum absolute atomic E-state index is 0.0299. The minimum atomic E-state index is -0.998. The van der Waals surface area contributed by atoms with E-state index in [0.29, 0.717) is 28.7 Å². The molecule has 3 aliphatic carbocycles. The molecule has 37 heavy (non-hydrogen) atoms. The molecule has 1 fully saturated rings. The number of imide groups is 1. The van der Waals surface area contributed by atoms with Gasteiger partial charge in [-0.3, -0.25) is 28.9 Å². The van der Waals surface area contributed by atoms with Gasteiger partial charge in [-0.1, -0.05) is 17.7 Å². The predicted octanol–water partition coefficient (Wildman–Crippen LogP) is 2.70. The van der Waals surface area contributed by atoms with E-state index >= 15 is 0 Å². The first-order valence-corrected chi connectivity index (χ1v) is 12.3. The number of fused-ring (bicyclic) bond motifs is 3. The Morgan fingerprint density at radius 3 is 2.57 bits per heavy atom. The van der Waals surface area contributed by atoms with Crippen LogP contribution >= 0.6 is 0 Å². The van der Waals surface area contributed by atoms with Gasteiger partial charge in [-0.25, -0.2) is 0 Å². The Morgan fingerprint density at radius 2 is 1.89 bits per heavy atom. The summed E-state index contributed by atoms with van der Waals surface area (Å²) in [5.41, 5.74) is 2.39. The summed E-state index contributed by atoms with van der Waals surface area (Å²) in [6, 6.07) is 4.83. The van der Waals surface area contributed by atoms with Gasteiger partial charge in [0, 0.05) is 35.6 Å². The third-order valence-corrected chi connectivity index (χ3v) is 7.96. The Bertz CT molecular complexity index is 1350. The summed E-state index contributed by atoms with van der Waals surface area (Å²) in [6.07, 6.45) is 3.70. The molecule has 2 amide bonds. The molecule has 9 heteroatoms. The van der Waals surface area contributed by atoms with Crippen LogP contribution in [0.15, 0.2) is 52.6 Å². The molecule has 0 saturated carbocycles. The highest BCUT2D eigenvalue weighted by molar-refractivity contribution is 6.23. The molecule has 192 valence electrons. The van der Waals surface area contributed by atoms with Crippen LogP contribution in [0, 0.1) is 17.8 Å². The van der Waals surface area contributed by atoms with Crippen LogP contribution in [0.1, 0.15) is 44.1 Å². The van der Waals surface area contributed by atoms with Gasteiger partial charge in [0.2, 0.25) is 11.8 Å². The standard InChI is InChI=1S/C28H27NO8/c1-13-10-19(30)18-12-17-15(23(25(18)26(13)34)14-5-8-21(37-2)20(31)11-14)6-7-16-24(17)28(36)29(27(16)35)9-3-4-22(32)33/h5-6,8,10-11,16-17,23-24,31H,3-4,7,9,12H2,1-2H3,(H,32,33). The van der Waals surface area contributed by atoms with Crippen molar-refractivity contribution in [3.63, 3.8) is 0 Å². The normalized spacial score (nSPS) is 26.9. The first kappa shape index (κ1) is 24.7. The molecule has 4 unspecified atom stereocenters. The lowest BCUT2D eigenvalue weighted by Crippen LogP contribution is -2.39. The van der Waals surface area contributed by atoms with E-state index in [1.807, 2.05) is 6.08 Å². The summed E-state index contributed by atoms with van der Waals surface area (Å²) < 4.78 is 5.17. The van der Waals surface area contributed by atoms with Crippen molar-refractivity contribution in [2.75, 3.05) is 13.7 Å². The van der Waals surface area contributed by atoms with E-state index < -0.39 is 29.6 Å². The van der Waals surface area contributed by atoms with Crippen LogP contribution in [0.2, 0.25) is 0 Å². The van der Waals surface area contributed by atoms with Gasteiger partial charge < -0.3 is 14.9 Å². The Hall–Kier alpha value is -4.01. The van der Waals surface area contributed by atoms with Crippen molar-refractivity contribution in [2.45, 2.75) is 38.5 Å². The fraction of sp³-hybridized carbons (Fsp3) is 0.393. The molecule has 0 radical (unpaired) electrons. The quantitative estimate of drug-likeness (QED) is 0.342. The molecule has 0 bridgehead atoms. The number of carboxylic acid groups (broad SMARTS) is 1. The van der Waals surface area contributed by atoms with E-state index in [4.69, 9.17) is 9.84 Å². The number of phenolic OH excluding ortho intramolecular Hbond substituents is 1. The van der Waals surface area contributed by atoms with E-state index in [9.17, 15) is 29.1 Å². The molecule has 1 heterocycles. The molecular formula is C28H27NO8. The lowest BCUT2D eigenvalue weighted by molar-refractivity contribution is -0.142. The van der Waals surface area contributed by atoms with Crippen LogP contribution in [0.25, 0.3) is 0 Å². The van der Waals surface area contributed by atoms with Crippen LogP contribution in [-0.4, -0.2) is 58.1 Å². The number of phenols is 1. The maximum absolute atomic E-state index is 13.5. The number of carbonyl (C=O) groups excluding carboxylic acids is 4. The monoisotopic (exact) mass is 505 g/mol. The summed E-state index contributed by atoms with van der Waals surface area (Å²) in [6.45, 7) is 1.63. The minimum Gasteiger partial charge on any atom is -0.504 e. The average molecular weight is 506 g/mol. The van der Waals surface area contributed by atoms with Gasteiger partial charge in [-0.15, -0.1) is 0 Å². The van der Waals surface area contributed by atoms with Crippen molar-refractivity contribution in [3.8, 4) is 11.5 Å². The van der Waals surface area contributed by atoms with E-state index in [-0.39, 0.29) is 60.7 Å². The molecular weight excluding hydrogens is 478 g/mol. The number of carboxylic acids is 1. The second-order valence-electron chi connectivity index (χ2n) is 9.99. The van der Waals surface area contributed by atoms with Crippen LogP contribution < -0.4 is 4.74 Å². The van der Waals surface area contributed by atoms with Crippen molar-refractivity contribution in [3.05, 3.63) is 58.2 Å². The Kier molecular flexibility index (Phi) is 6.09. The number of Topliss-reactive ketones (excluding diaryl/α,β-unsaturated/α-hetero) is 1. The van der Waals surface area contributed by atoms with Gasteiger partial charge in [0.15, 0.2) is 23.1 Å². The highest BCUT2D eigenvalue weighted by Crippen LogP contribution is 2.55. The highest BCUT2D eigenvalue weighted by atomic mass is 16.5. The van der Waals surface area contributed by atoms with Gasteiger partial charge in [0.05, 0.1) is 18.9 Å². The molecule has 9 nitrogen and oxygen atoms in total. The molecule has 0 aromatic heterocycles. The number of nitrogens with zero attached hydrogens (tertiary/aromatic N) is 1. The predicted molar refractivity (Wildman–Crippen MR) is 130 cm³/mol. The van der Waals surface area contributed by atoms with Crippen molar-refractivity contribution in [1.29, 1.82) is 0 Å². The molecule has 1 aromatic carbocycles. The van der Waals surface area contributed by atoms with Crippen LogP contribution in [-0.2, 0) is 24.0 Å². The smallest absolute Gasteiger partial charge is 0.303 e. The average Bonchev–Trinajstić information content (AvgIpc) is 3.10. The number of aromatic hydroxyl groups is 1. The molecule has 2 N–H and O–H groups in total. The summed E-state index contributed by atoms with van der Waals surface area (Å²) in [5.74, 6) is -4.50. The molecule has 4 aliphatic rings. The van der Waals surface area contributed by atoms with E-state index in [0.717, 1.165) is 10.5 Å². The van der Waals surface area contributed by atoms with Crippen molar-refractivity contribution in [2.24, 2.45) is 17.8 Å². The molecule has 4 atom stereocenters. The third kappa shape index (κ3) is 3.89. The van der Waals surface area contributed by atoms with Crippen molar-refractivity contribution in [1.82, 2.24) is 4.90 Å². The topological polar surface area (TPSA) is 138 Å². The second kappa shape index (κ2) is 9.14. The molecule has 1 aliphatic heterocycles. The van der Waals surface area contributed by atoms with Crippen molar-refractivity contribution >= 4 is 29.4 Å². The van der Waals surface area contributed by atoms with E-state index in [1.54, 1.807) is 19.1 Å². The number of rotatable bonds is 6. The number of hydrogen-bond acceptors (Lipinski definition) is 7. The maximum Gasteiger partial charge on any atom is 0.303 e. The number of likely N-dealkylation sites (tertiary alicyclic amines) is 1. The third-order valence-electron chi connectivity index (χ3n) is 7.96. The van der Waals surface area contributed by atoms with Crippen LogP contribution in [0.3, 0.4) is 0 Å². The number of aliphatic carboxylic acids is 1. The van der Waals surface area contributed by atoms with Gasteiger partial charge in [0.25, 0.3) is 0 Å². The number of benzene rings is 1. The number of ether oxygens (including phenoxy) is 1. The largest absolute Gasteiger partial charge is 0.504 e. The SMILES string of the molecule is COc1ccc(C2C3=CCC4C(=O)N(CCCC(=O)O)C(=O)C4C3CC3=C2C(=O)C(C)=CC3=O)cc1O.